The van der Waals surface area contributed by atoms with E-state index >= 15 is 0 Å². The van der Waals surface area contributed by atoms with Crippen molar-refractivity contribution in [2.24, 2.45) is 11.3 Å². The number of pyridine rings is 1. The number of anilines is 1. The molecule has 0 radical (unpaired) electrons. The van der Waals surface area contributed by atoms with Crippen LogP contribution in [-0.4, -0.2) is 52.9 Å². The number of aryl methyl sites for hydroxylation is 1. The molecule has 42 heavy (non-hydrogen) atoms. The first-order valence-corrected chi connectivity index (χ1v) is 15.9. The normalized spacial score (nSPS) is 21.3. The molecular weight excluding hydrogens is 554 g/mol. The second-order valence-corrected chi connectivity index (χ2v) is 14.2. The molecule has 1 spiro atoms. The van der Waals surface area contributed by atoms with E-state index in [1.165, 1.54) is 25.0 Å². The zero-order valence-corrected chi connectivity index (χ0v) is 24.6. The van der Waals surface area contributed by atoms with Crippen LogP contribution in [-0.2, 0) is 10.0 Å². The molecule has 3 heterocycles. The number of nitrogens with one attached hydrogen (secondary N) is 2. The van der Waals surface area contributed by atoms with E-state index in [1.807, 2.05) is 24.0 Å². The average molecular weight is 588 g/mol. The molecular formula is C31H33N5O5S. The molecule has 4 aromatic rings. The Hall–Kier alpha value is -3.99. The largest absolute Gasteiger partial charge is 0.475 e. The van der Waals surface area contributed by atoms with Crippen LogP contribution in [0.2, 0.25) is 0 Å². The van der Waals surface area contributed by atoms with Gasteiger partial charge in [-0.15, -0.1) is 0 Å². The Bertz CT molecular complexity index is 1920. The molecule has 0 unspecified atom stereocenters. The number of carbonyl (C=O) groups is 1. The molecule has 1 aliphatic heterocycles. The van der Waals surface area contributed by atoms with E-state index in [0.29, 0.717) is 33.8 Å². The maximum atomic E-state index is 14.2. The molecule has 2 aromatic heterocycles. The SMILES string of the molecule is Cc1cccc2[nH]c(=O)c3c4nc(nc3c12)NS(=O)(=O)c1cccc(c1)C(=O)N(C1CC2(CC2)C1)[C@H](CC(C)C)CO4. The zero-order chi connectivity index (χ0) is 29.4. The fourth-order valence-electron chi connectivity index (χ4n) is 6.70. The minimum absolute atomic E-state index is 0.0245. The standard InChI is InChI=1S/C31H33N5O5S/c1-17(2)12-20-16-41-28-25-26(24-18(3)6-4-9-23(24)32-27(25)37)33-30(34-28)35-42(39,40)22-8-5-7-19(13-22)29(38)36(20)21-14-31(15-21)10-11-31/h4-9,13,17,20-21H,10-12,14-16H2,1-3H3,(H,32,37)(H,33,34,35)/t20-/m1/s1. The minimum atomic E-state index is -4.18. The Morgan fingerprint density at radius 2 is 1.83 bits per heavy atom. The van der Waals surface area contributed by atoms with E-state index in [1.54, 1.807) is 18.2 Å². The molecule has 2 N–H and O–H groups in total. The highest BCUT2D eigenvalue weighted by molar-refractivity contribution is 7.92. The molecule has 2 saturated carbocycles. The van der Waals surface area contributed by atoms with Crippen molar-refractivity contribution in [2.75, 3.05) is 11.3 Å². The maximum absolute atomic E-state index is 14.2. The third kappa shape index (κ3) is 4.50. The van der Waals surface area contributed by atoms with Gasteiger partial charge in [0.05, 0.1) is 22.0 Å². The lowest BCUT2D eigenvalue weighted by Crippen LogP contribution is -2.55. The van der Waals surface area contributed by atoms with E-state index in [0.717, 1.165) is 18.4 Å². The predicted molar refractivity (Wildman–Crippen MR) is 159 cm³/mol. The molecule has 1 atom stereocenters. The number of nitrogens with zero attached hydrogens (tertiary/aromatic N) is 3. The van der Waals surface area contributed by atoms with Crippen molar-refractivity contribution in [2.45, 2.75) is 69.9 Å². The zero-order valence-electron chi connectivity index (χ0n) is 23.8. The fraction of sp³-hybridized carbons (Fsp3) is 0.419. The molecule has 218 valence electrons. The van der Waals surface area contributed by atoms with Gasteiger partial charge in [-0.2, -0.15) is 4.98 Å². The number of ether oxygens (including phenoxy) is 1. The highest BCUT2D eigenvalue weighted by Crippen LogP contribution is 2.62. The van der Waals surface area contributed by atoms with E-state index < -0.39 is 15.6 Å². The van der Waals surface area contributed by atoms with Crippen molar-refractivity contribution in [3.05, 3.63) is 63.9 Å². The summed E-state index contributed by atoms with van der Waals surface area (Å²) in [5, 5.41) is 0.808. The highest BCUT2D eigenvalue weighted by Gasteiger charge is 2.56. The van der Waals surface area contributed by atoms with Crippen LogP contribution in [0.4, 0.5) is 5.95 Å². The van der Waals surface area contributed by atoms with Crippen molar-refractivity contribution in [1.82, 2.24) is 19.9 Å². The van der Waals surface area contributed by atoms with Crippen LogP contribution in [0, 0.1) is 18.3 Å². The second kappa shape index (κ2) is 9.52. The number of rotatable bonds is 3. The van der Waals surface area contributed by atoms with Gasteiger partial charge in [-0.1, -0.05) is 32.0 Å². The van der Waals surface area contributed by atoms with Crippen LogP contribution in [0.5, 0.6) is 5.88 Å². The molecule has 0 saturated heterocycles. The summed E-state index contributed by atoms with van der Waals surface area (Å²) in [6.07, 6.45) is 4.89. The molecule has 10 nitrogen and oxygen atoms in total. The van der Waals surface area contributed by atoms with Crippen LogP contribution in [0.25, 0.3) is 21.8 Å². The first-order valence-electron chi connectivity index (χ1n) is 14.5. The monoisotopic (exact) mass is 587 g/mol. The lowest BCUT2D eigenvalue weighted by molar-refractivity contribution is 0.00934. The lowest BCUT2D eigenvalue weighted by Gasteiger charge is -2.47. The quantitative estimate of drug-likeness (QED) is 0.330. The number of hydrogen-bond acceptors (Lipinski definition) is 7. The van der Waals surface area contributed by atoms with Crippen LogP contribution in [0.1, 0.15) is 61.9 Å². The van der Waals surface area contributed by atoms with Gasteiger partial charge in [-0.05, 0) is 80.2 Å². The average Bonchev–Trinajstić information content (AvgIpc) is 3.71. The molecule has 4 bridgehead atoms. The minimum Gasteiger partial charge on any atom is -0.475 e. The van der Waals surface area contributed by atoms with Gasteiger partial charge in [0, 0.05) is 17.0 Å². The van der Waals surface area contributed by atoms with Crippen molar-refractivity contribution in [3.63, 3.8) is 0 Å². The van der Waals surface area contributed by atoms with Crippen LogP contribution < -0.4 is 15.0 Å². The molecule has 11 heteroatoms. The van der Waals surface area contributed by atoms with Crippen molar-refractivity contribution < 1.29 is 17.9 Å². The van der Waals surface area contributed by atoms with Gasteiger partial charge in [-0.3, -0.25) is 9.59 Å². The third-order valence-electron chi connectivity index (χ3n) is 8.95. The third-order valence-corrected chi connectivity index (χ3v) is 10.3. The molecule has 2 fully saturated rings. The number of aromatic nitrogens is 3. The number of benzene rings is 2. The Balaban J connectivity index is 1.44. The molecule has 7 rings (SSSR count). The highest BCUT2D eigenvalue weighted by atomic mass is 32.2. The summed E-state index contributed by atoms with van der Waals surface area (Å²) in [4.78, 5) is 41.3. The number of carbonyl (C=O) groups excluding carboxylic acids is 1. The van der Waals surface area contributed by atoms with Gasteiger partial charge < -0.3 is 14.6 Å². The summed E-state index contributed by atoms with van der Waals surface area (Å²) in [5.74, 6) is -0.206. The number of amides is 1. The van der Waals surface area contributed by atoms with Crippen molar-refractivity contribution >= 4 is 43.7 Å². The number of aromatic amines is 1. The topological polar surface area (TPSA) is 134 Å². The van der Waals surface area contributed by atoms with Gasteiger partial charge >= 0.3 is 0 Å². The summed E-state index contributed by atoms with van der Waals surface area (Å²) >= 11 is 0. The molecule has 1 amide bonds. The molecule has 2 aromatic carbocycles. The Labute approximate surface area is 243 Å². The summed E-state index contributed by atoms with van der Waals surface area (Å²) < 4.78 is 36.0. The van der Waals surface area contributed by atoms with Gasteiger partial charge in [0.2, 0.25) is 11.8 Å². The maximum Gasteiger partial charge on any atom is 0.264 e. The van der Waals surface area contributed by atoms with Crippen LogP contribution >= 0.6 is 0 Å². The number of sulfonamides is 1. The van der Waals surface area contributed by atoms with E-state index in [9.17, 15) is 18.0 Å². The fourth-order valence-corrected chi connectivity index (χ4v) is 7.69. The van der Waals surface area contributed by atoms with Crippen molar-refractivity contribution in [3.8, 4) is 5.88 Å². The summed E-state index contributed by atoms with van der Waals surface area (Å²) in [6, 6.07) is 11.3. The Kier molecular flexibility index (Phi) is 6.09. The van der Waals surface area contributed by atoms with Crippen molar-refractivity contribution in [1.29, 1.82) is 0 Å². The smallest absolute Gasteiger partial charge is 0.264 e. The number of H-pyrrole nitrogens is 1. The predicted octanol–water partition coefficient (Wildman–Crippen LogP) is 4.77. The van der Waals surface area contributed by atoms with E-state index in [-0.39, 0.29) is 52.6 Å². The molecule has 3 aliphatic rings. The number of fused-ring (bicyclic) bond motifs is 8. The van der Waals surface area contributed by atoms with Gasteiger partial charge in [0.1, 0.15) is 12.0 Å². The summed E-state index contributed by atoms with van der Waals surface area (Å²) in [5.41, 5.74) is 1.93. The van der Waals surface area contributed by atoms with E-state index in [2.05, 4.69) is 33.5 Å². The first-order chi connectivity index (χ1) is 20.0. The van der Waals surface area contributed by atoms with Gasteiger partial charge in [0.25, 0.3) is 21.5 Å². The first kappa shape index (κ1) is 26.9. The summed E-state index contributed by atoms with van der Waals surface area (Å²) in [7, 11) is -4.18. The van der Waals surface area contributed by atoms with Crippen LogP contribution in [0.3, 0.4) is 0 Å². The Morgan fingerprint density at radius 3 is 2.57 bits per heavy atom. The second-order valence-electron chi connectivity index (χ2n) is 12.5. The van der Waals surface area contributed by atoms with Gasteiger partial charge in [0.15, 0.2) is 0 Å². The molecule has 2 aliphatic carbocycles. The lowest BCUT2D eigenvalue weighted by atomic mass is 9.75. The Morgan fingerprint density at radius 1 is 1.07 bits per heavy atom. The van der Waals surface area contributed by atoms with Gasteiger partial charge in [-0.25, -0.2) is 18.1 Å². The summed E-state index contributed by atoms with van der Waals surface area (Å²) in [6.45, 7) is 6.19. The van der Waals surface area contributed by atoms with E-state index in [4.69, 9.17) is 4.74 Å². The number of hydrogen-bond donors (Lipinski definition) is 2. The van der Waals surface area contributed by atoms with Crippen LogP contribution in [0.15, 0.2) is 52.2 Å².